The second-order valence-electron chi connectivity index (χ2n) is 4.90. The molecule has 0 fully saturated rings. The van der Waals surface area contributed by atoms with Crippen LogP contribution in [0.2, 0.25) is 0 Å². The summed E-state index contributed by atoms with van der Waals surface area (Å²) in [6, 6.07) is 9.56. The van der Waals surface area contributed by atoms with Crippen molar-refractivity contribution in [2.75, 3.05) is 10.6 Å². The number of hydrogen-bond donors (Lipinski definition) is 3. The maximum atomic E-state index is 12.6. The number of amides is 3. The van der Waals surface area contributed by atoms with E-state index in [-0.39, 0.29) is 16.9 Å². The molecule has 2 rings (SSSR count). The minimum atomic E-state index is -4.58. The van der Waals surface area contributed by atoms with Crippen molar-refractivity contribution in [3.8, 4) is 0 Å². The van der Waals surface area contributed by atoms with Crippen LogP contribution in [0.1, 0.15) is 15.9 Å². The fourth-order valence-corrected chi connectivity index (χ4v) is 1.95. The summed E-state index contributed by atoms with van der Waals surface area (Å²) < 4.78 is 37.9. The molecular formula is C16H12F3N3O3. The quantitative estimate of drug-likeness (QED) is 0.740. The summed E-state index contributed by atoms with van der Waals surface area (Å²) in [4.78, 5) is 35.0. The average Bonchev–Trinajstić information content (AvgIpc) is 2.54. The van der Waals surface area contributed by atoms with Gasteiger partial charge in [0, 0.05) is 5.69 Å². The molecule has 2 aromatic carbocycles. The van der Waals surface area contributed by atoms with Crippen LogP contribution in [0.5, 0.6) is 0 Å². The van der Waals surface area contributed by atoms with Gasteiger partial charge in [0.1, 0.15) is 0 Å². The highest BCUT2D eigenvalue weighted by Gasteiger charge is 2.30. The minimum Gasteiger partial charge on any atom is -0.366 e. The van der Waals surface area contributed by atoms with E-state index in [2.05, 4.69) is 10.6 Å². The highest BCUT2D eigenvalue weighted by molar-refractivity contribution is 6.44. The summed E-state index contributed by atoms with van der Waals surface area (Å²) >= 11 is 0. The molecule has 25 heavy (non-hydrogen) atoms. The number of nitrogens with two attached hydrogens (primary N) is 1. The van der Waals surface area contributed by atoms with Crippen LogP contribution in [0.15, 0.2) is 48.5 Å². The summed E-state index contributed by atoms with van der Waals surface area (Å²) in [6.45, 7) is 0. The number of primary amides is 1. The van der Waals surface area contributed by atoms with Gasteiger partial charge in [-0.15, -0.1) is 0 Å². The van der Waals surface area contributed by atoms with Gasteiger partial charge in [0.15, 0.2) is 0 Å². The van der Waals surface area contributed by atoms with Crippen LogP contribution in [0.4, 0.5) is 24.5 Å². The summed E-state index contributed by atoms with van der Waals surface area (Å²) in [7, 11) is 0. The third kappa shape index (κ3) is 4.56. The molecule has 3 amide bonds. The van der Waals surface area contributed by atoms with Gasteiger partial charge in [-0.1, -0.05) is 18.2 Å². The Hall–Kier alpha value is -3.36. The lowest BCUT2D eigenvalue weighted by Gasteiger charge is -2.11. The lowest BCUT2D eigenvalue weighted by molar-refractivity contribution is -0.137. The molecule has 0 aromatic heterocycles. The Morgan fingerprint density at radius 2 is 1.52 bits per heavy atom. The Kier molecular flexibility index (Phi) is 5.06. The molecule has 130 valence electrons. The van der Waals surface area contributed by atoms with Crippen molar-refractivity contribution < 1.29 is 27.6 Å². The molecule has 9 heteroatoms. The Balaban J connectivity index is 2.12. The molecule has 4 N–H and O–H groups in total. The molecule has 0 bridgehead atoms. The predicted molar refractivity (Wildman–Crippen MR) is 83.7 cm³/mol. The van der Waals surface area contributed by atoms with Gasteiger partial charge in [-0.25, -0.2) is 0 Å². The van der Waals surface area contributed by atoms with E-state index in [0.717, 1.165) is 12.1 Å². The van der Waals surface area contributed by atoms with Crippen molar-refractivity contribution in [1.82, 2.24) is 0 Å². The number of alkyl halides is 3. The van der Waals surface area contributed by atoms with Gasteiger partial charge in [-0.05, 0) is 30.3 Å². The van der Waals surface area contributed by atoms with E-state index in [4.69, 9.17) is 5.73 Å². The number of hydrogen-bond acceptors (Lipinski definition) is 3. The monoisotopic (exact) mass is 351 g/mol. The van der Waals surface area contributed by atoms with Gasteiger partial charge in [0.25, 0.3) is 5.91 Å². The van der Waals surface area contributed by atoms with E-state index in [1.807, 2.05) is 0 Å². The van der Waals surface area contributed by atoms with Crippen LogP contribution < -0.4 is 16.4 Å². The standard InChI is InChI=1S/C16H12F3N3O3/c17-16(18,19)9-4-3-5-10(8-9)21-14(24)15(25)22-12-7-2-1-6-11(12)13(20)23/h1-8H,(H2,20,23)(H,21,24)(H,22,25). The number of anilines is 2. The van der Waals surface area contributed by atoms with Gasteiger partial charge >= 0.3 is 18.0 Å². The number of nitrogens with one attached hydrogen (secondary N) is 2. The summed E-state index contributed by atoms with van der Waals surface area (Å²) in [6.07, 6.45) is -4.58. The average molecular weight is 351 g/mol. The van der Waals surface area contributed by atoms with E-state index in [1.54, 1.807) is 0 Å². The maximum Gasteiger partial charge on any atom is 0.416 e. The van der Waals surface area contributed by atoms with Crippen LogP contribution in [0.25, 0.3) is 0 Å². The predicted octanol–water partition coefficient (Wildman–Crippen LogP) is 2.38. The molecule has 0 heterocycles. The van der Waals surface area contributed by atoms with E-state index >= 15 is 0 Å². The number of carbonyl (C=O) groups excluding carboxylic acids is 3. The molecule has 0 radical (unpaired) electrons. The second-order valence-corrected chi connectivity index (χ2v) is 4.90. The number of halogens is 3. The smallest absolute Gasteiger partial charge is 0.366 e. The van der Waals surface area contributed by atoms with Crippen LogP contribution in [0, 0.1) is 0 Å². The molecular weight excluding hydrogens is 339 g/mol. The Labute approximate surface area is 139 Å². The van der Waals surface area contributed by atoms with Crippen LogP contribution in [0.3, 0.4) is 0 Å². The van der Waals surface area contributed by atoms with Crippen LogP contribution in [-0.4, -0.2) is 17.7 Å². The van der Waals surface area contributed by atoms with Crippen molar-refractivity contribution in [3.63, 3.8) is 0 Å². The van der Waals surface area contributed by atoms with E-state index in [0.29, 0.717) is 6.07 Å². The molecule has 0 unspecified atom stereocenters. The lowest BCUT2D eigenvalue weighted by Crippen LogP contribution is -2.30. The Morgan fingerprint density at radius 3 is 2.16 bits per heavy atom. The summed E-state index contributed by atoms with van der Waals surface area (Å²) in [5, 5.41) is 4.24. The van der Waals surface area contributed by atoms with Gasteiger partial charge in [-0.2, -0.15) is 13.2 Å². The summed E-state index contributed by atoms with van der Waals surface area (Å²) in [5.74, 6) is -3.17. The first-order valence-corrected chi connectivity index (χ1v) is 6.87. The number of benzene rings is 2. The third-order valence-electron chi connectivity index (χ3n) is 3.09. The van der Waals surface area contributed by atoms with Crippen molar-refractivity contribution in [2.45, 2.75) is 6.18 Å². The molecule has 0 aliphatic carbocycles. The Morgan fingerprint density at radius 1 is 0.880 bits per heavy atom. The van der Waals surface area contributed by atoms with E-state index in [1.165, 1.54) is 30.3 Å². The topological polar surface area (TPSA) is 101 Å². The number of para-hydroxylation sites is 1. The molecule has 0 saturated heterocycles. The molecule has 0 atom stereocenters. The highest BCUT2D eigenvalue weighted by Crippen LogP contribution is 2.30. The molecule has 0 aliphatic heterocycles. The first-order chi connectivity index (χ1) is 11.7. The largest absolute Gasteiger partial charge is 0.416 e. The molecule has 0 saturated carbocycles. The SMILES string of the molecule is NC(=O)c1ccccc1NC(=O)C(=O)Nc1cccc(C(F)(F)F)c1. The molecule has 2 aromatic rings. The van der Waals surface area contributed by atoms with Crippen molar-refractivity contribution in [3.05, 3.63) is 59.7 Å². The zero-order chi connectivity index (χ0) is 18.6. The molecule has 6 nitrogen and oxygen atoms in total. The fourth-order valence-electron chi connectivity index (χ4n) is 1.95. The first kappa shape index (κ1) is 18.0. The third-order valence-corrected chi connectivity index (χ3v) is 3.09. The Bertz CT molecular complexity index is 835. The molecule has 0 spiro atoms. The highest BCUT2D eigenvalue weighted by atomic mass is 19.4. The zero-order valence-electron chi connectivity index (χ0n) is 12.6. The number of rotatable bonds is 3. The zero-order valence-corrected chi connectivity index (χ0v) is 12.6. The van der Waals surface area contributed by atoms with E-state index in [9.17, 15) is 27.6 Å². The maximum absolute atomic E-state index is 12.6. The van der Waals surface area contributed by atoms with Crippen LogP contribution in [-0.2, 0) is 15.8 Å². The van der Waals surface area contributed by atoms with Crippen LogP contribution >= 0.6 is 0 Å². The second kappa shape index (κ2) is 7.04. The normalized spacial score (nSPS) is 10.8. The first-order valence-electron chi connectivity index (χ1n) is 6.87. The summed E-state index contributed by atoms with van der Waals surface area (Å²) in [5.41, 5.74) is 3.99. The molecule has 0 aliphatic rings. The van der Waals surface area contributed by atoms with Crippen molar-refractivity contribution in [1.29, 1.82) is 0 Å². The van der Waals surface area contributed by atoms with Crippen molar-refractivity contribution >= 4 is 29.1 Å². The lowest BCUT2D eigenvalue weighted by atomic mass is 10.1. The minimum absolute atomic E-state index is 0.0114. The van der Waals surface area contributed by atoms with Gasteiger partial charge in [-0.3, -0.25) is 14.4 Å². The van der Waals surface area contributed by atoms with Gasteiger partial charge in [0.2, 0.25) is 0 Å². The van der Waals surface area contributed by atoms with E-state index < -0.39 is 29.5 Å². The van der Waals surface area contributed by atoms with Gasteiger partial charge in [0.05, 0.1) is 16.8 Å². The van der Waals surface area contributed by atoms with Crippen molar-refractivity contribution in [2.24, 2.45) is 5.73 Å². The van der Waals surface area contributed by atoms with Gasteiger partial charge < -0.3 is 16.4 Å². The fraction of sp³-hybridized carbons (Fsp3) is 0.0625. The number of carbonyl (C=O) groups is 3.